The Morgan fingerprint density at radius 3 is 2.40 bits per heavy atom. The topological polar surface area (TPSA) is 24.1 Å². The number of halogens is 1. The molecule has 0 amide bonds. The van der Waals surface area contributed by atoms with Gasteiger partial charge in [-0.15, -0.1) is 0 Å². The lowest BCUT2D eigenvalue weighted by Crippen LogP contribution is -2.61. The maximum absolute atomic E-state index is 13.3. The number of benzene rings is 1. The van der Waals surface area contributed by atoms with E-state index in [2.05, 4.69) is 38.3 Å². The van der Waals surface area contributed by atoms with Crippen LogP contribution in [0.1, 0.15) is 51.7 Å². The molecule has 0 saturated carbocycles. The van der Waals surface area contributed by atoms with Gasteiger partial charge in [0.25, 0.3) is 0 Å². The molecule has 0 atom stereocenters. The van der Waals surface area contributed by atoms with Crippen molar-refractivity contribution in [1.82, 2.24) is 10.6 Å². The van der Waals surface area contributed by atoms with Crippen molar-refractivity contribution in [2.75, 3.05) is 0 Å². The second-order valence-electron chi connectivity index (χ2n) is 7.45. The first-order valence-electron chi connectivity index (χ1n) is 7.45. The van der Waals surface area contributed by atoms with E-state index in [9.17, 15) is 4.39 Å². The van der Waals surface area contributed by atoms with Gasteiger partial charge in [0.2, 0.25) is 0 Å². The highest BCUT2D eigenvalue weighted by molar-refractivity contribution is 5.26. The van der Waals surface area contributed by atoms with Gasteiger partial charge >= 0.3 is 0 Å². The van der Waals surface area contributed by atoms with Crippen LogP contribution in [-0.2, 0) is 6.54 Å². The van der Waals surface area contributed by atoms with Gasteiger partial charge in [-0.05, 0) is 70.7 Å². The van der Waals surface area contributed by atoms with Crippen molar-refractivity contribution < 1.29 is 4.39 Å². The zero-order valence-electron chi connectivity index (χ0n) is 13.3. The fourth-order valence-corrected chi connectivity index (χ4v) is 3.55. The van der Waals surface area contributed by atoms with Gasteiger partial charge in [0, 0.05) is 23.7 Å². The lowest BCUT2D eigenvalue weighted by molar-refractivity contribution is 0.145. The molecular formula is C17H27FN2. The summed E-state index contributed by atoms with van der Waals surface area (Å²) >= 11 is 0. The minimum Gasteiger partial charge on any atom is -0.310 e. The molecule has 1 saturated heterocycles. The van der Waals surface area contributed by atoms with E-state index in [1.165, 1.54) is 6.07 Å². The van der Waals surface area contributed by atoms with Crippen LogP contribution in [0, 0.1) is 12.7 Å². The first-order chi connectivity index (χ1) is 9.17. The van der Waals surface area contributed by atoms with E-state index in [1.807, 2.05) is 13.0 Å². The lowest BCUT2D eigenvalue weighted by Gasteiger charge is -2.46. The zero-order valence-corrected chi connectivity index (χ0v) is 13.3. The first-order valence-corrected chi connectivity index (χ1v) is 7.45. The summed E-state index contributed by atoms with van der Waals surface area (Å²) in [5.41, 5.74) is 2.47. The molecule has 2 N–H and O–H groups in total. The lowest BCUT2D eigenvalue weighted by atomic mass is 9.79. The Kier molecular flexibility index (Phi) is 4.22. The summed E-state index contributed by atoms with van der Waals surface area (Å²) in [6, 6.07) is 5.47. The predicted octanol–water partition coefficient (Wildman–Crippen LogP) is 3.53. The molecule has 0 aliphatic carbocycles. The summed E-state index contributed by atoms with van der Waals surface area (Å²) in [6.07, 6.45) is 2.18. The van der Waals surface area contributed by atoms with E-state index in [1.54, 1.807) is 6.07 Å². The molecule has 0 bridgehead atoms. The summed E-state index contributed by atoms with van der Waals surface area (Å²) in [5.74, 6) is -0.154. The summed E-state index contributed by atoms with van der Waals surface area (Å²) in [7, 11) is 0. The van der Waals surface area contributed by atoms with Crippen molar-refractivity contribution >= 4 is 0 Å². The minimum absolute atomic E-state index is 0.135. The fourth-order valence-electron chi connectivity index (χ4n) is 3.55. The summed E-state index contributed by atoms with van der Waals surface area (Å²) in [5, 5.41) is 7.29. The molecular weight excluding hydrogens is 251 g/mol. The SMILES string of the molecule is Cc1ccc(F)cc1CNC1CC(C)(C)NC(C)(C)C1. The second-order valence-corrected chi connectivity index (χ2v) is 7.45. The Bertz CT molecular complexity index is 464. The number of piperidine rings is 1. The summed E-state index contributed by atoms with van der Waals surface area (Å²) in [4.78, 5) is 0. The Hall–Kier alpha value is -0.930. The average Bonchev–Trinajstić information content (AvgIpc) is 2.26. The van der Waals surface area contributed by atoms with Crippen LogP contribution in [0.5, 0.6) is 0 Å². The van der Waals surface area contributed by atoms with Crippen LogP contribution in [0.25, 0.3) is 0 Å². The van der Waals surface area contributed by atoms with E-state index in [4.69, 9.17) is 0 Å². The average molecular weight is 278 g/mol. The predicted molar refractivity (Wildman–Crippen MR) is 82.3 cm³/mol. The molecule has 1 heterocycles. The third-order valence-electron chi connectivity index (χ3n) is 4.08. The molecule has 112 valence electrons. The van der Waals surface area contributed by atoms with Crippen LogP contribution in [0.4, 0.5) is 4.39 Å². The number of hydrogen-bond acceptors (Lipinski definition) is 2. The Morgan fingerprint density at radius 1 is 1.20 bits per heavy atom. The van der Waals surface area contributed by atoms with Gasteiger partial charge in [0.05, 0.1) is 0 Å². The summed E-state index contributed by atoms with van der Waals surface area (Å²) < 4.78 is 13.3. The molecule has 1 fully saturated rings. The minimum atomic E-state index is -0.154. The number of nitrogens with one attached hydrogen (secondary N) is 2. The van der Waals surface area contributed by atoms with Gasteiger partial charge in [0.1, 0.15) is 5.82 Å². The standard InChI is InChI=1S/C17H27FN2/c1-12-6-7-14(18)8-13(12)11-19-15-9-16(2,3)20-17(4,5)10-15/h6-8,15,19-20H,9-11H2,1-5H3. The van der Waals surface area contributed by atoms with E-state index in [0.717, 1.165) is 30.5 Å². The maximum Gasteiger partial charge on any atom is 0.123 e. The van der Waals surface area contributed by atoms with E-state index < -0.39 is 0 Å². The van der Waals surface area contributed by atoms with Crippen molar-refractivity contribution in [2.24, 2.45) is 0 Å². The first kappa shape index (κ1) is 15.5. The highest BCUT2D eigenvalue weighted by Gasteiger charge is 2.37. The molecule has 0 radical (unpaired) electrons. The van der Waals surface area contributed by atoms with Gasteiger partial charge in [-0.2, -0.15) is 0 Å². The molecule has 2 rings (SSSR count). The van der Waals surface area contributed by atoms with Crippen LogP contribution >= 0.6 is 0 Å². The van der Waals surface area contributed by atoms with Gasteiger partial charge in [-0.3, -0.25) is 0 Å². The highest BCUT2D eigenvalue weighted by Crippen LogP contribution is 2.28. The van der Waals surface area contributed by atoms with Crippen LogP contribution in [-0.4, -0.2) is 17.1 Å². The summed E-state index contributed by atoms with van der Waals surface area (Å²) in [6.45, 7) is 11.8. The fraction of sp³-hybridized carbons (Fsp3) is 0.647. The molecule has 0 aromatic heterocycles. The van der Waals surface area contributed by atoms with E-state index in [-0.39, 0.29) is 16.9 Å². The van der Waals surface area contributed by atoms with Crippen LogP contribution in [0.15, 0.2) is 18.2 Å². The number of aryl methyl sites for hydroxylation is 1. The van der Waals surface area contributed by atoms with Gasteiger partial charge in [-0.25, -0.2) is 4.39 Å². The number of hydrogen-bond donors (Lipinski definition) is 2. The second kappa shape index (κ2) is 5.45. The Labute approximate surface area is 122 Å². The third-order valence-corrected chi connectivity index (χ3v) is 4.08. The van der Waals surface area contributed by atoms with Crippen molar-refractivity contribution in [1.29, 1.82) is 0 Å². The normalized spacial score (nSPS) is 21.9. The Balaban J connectivity index is 2.01. The molecule has 1 aliphatic heterocycles. The molecule has 3 heteroatoms. The van der Waals surface area contributed by atoms with Crippen LogP contribution < -0.4 is 10.6 Å². The van der Waals surface area contributed by atoms with Crippen LogP contribution in [0.3, 0.4) is 0 Å². The van der Waals surface area contributed by atoms with Gasteiger partial charge in [0.15, 0.2) is 0 Å². The van der Waals surface area contributed by atoms with E-state index in [0.29, 0.717) is 6.04 Å². The van der Waals surface area contributed by atoms with Gasteiger partial charge in [-0.1, -0.05) is 6.07 Å². The van der Waals surface area contributed by atoms with E-state index >= 15 is 0 Å². The molecule has 1 aromatic rings. The van der Waals surface area contributed by atoms with Crippen molar-refractivity contribution in [3.8, 4) is 0 Å². The van der Waals surface area contributed by atoms with Crippen molar-refractivity contribution in [3.05, 3.63) is 35.1 Å². The van der Waals surface area contributed by atoms with Crippen molar-refractivity contribution in [2.45, 2.75) is 71.1 Å². The highest BCUT2D eigenvalue weighted by atomic mass is 19.1. The van der Waals surface area contributed by atoms with Crippen molar-refractivity contribution in [3.63, 3.8) is 0 Å². The third kappa shape index (κ3) is 4.03. The van der Waals surface area contributed by atoms with Crippen LogP contribution in [0.2, 0.25) is 0 Å². The Morgan fingerprint density at radius 2 is 1.80 bits per heavy atom. The van der Waals surface area contributed by atoms with Gasteiger partial charge < -0.3 is 10.6 Å². The smallest absolute Gasteiger partial charge is 0.123 e. The zero-order chi connectivity index (χ0) is 15.0. The number of rotatable bonds is 3. The molecule has 1 aliphatic rings. The monoisotopic (exact) mass is 278 g/mol. The molecule has 20 heavy (non-hydrogen) atoms. The quantitative estimate of drug-likeness (QED) is 0.884. The molecule has 2 nitrogen and oxygen atoms in total. The molecule has 0 spiro atoms. The molecule has 0 unspecified atom stereocenters. The maximum atomic E-state index is 13.3. The molecule has 1 aromatic carbocycles. The largest absolute Gasteiger partial charge is 0.310 e.